The van der Waals surface area contributed by atoms with Crippen LogP contribution in [0.5, 0.6) is 0 Å². The largest absolute Gasteiger partial charge is 0.294 e. The van der Waals surface area contributed by atoms with E-state index < -0.39 is 5.92 Å². The molecule has 1 N–H and O–H groups in total. The van der Waals surface area contributed by atoms with Gasteiger partial charge in [-0.25, -0.2) is 0 Å². The minimum atomic E-state index is -0.415. The third-order valence-corrected chi connectivity index (χ3v) is 4.34. The monoisotopic (exact) mass is 346 g/mol. The van der Waals surface area contributed by atoms with Crippen molar-refractivity contribution >= 4 is 11.6 Å². The van der Waals surface area contributed by atoms with Crippen molar-refractivity contribution in [2.75, 3.05) is 0 Å². The molecular formula is C22H20NO3+. The highest BCUT2D eigenvalue weighted by Crippen LogP contribution is 2.25. The number of hydrogen-bond donors (Lipinski definition) is 1. The summed E-state index contributed by atoms with van der Waals surface area (Å²) in [6.07, 6.45) is 1.79. The van der Waals surface area contributed by atoms with Gasteiger partial charge in [-0.1, -0.05) is 60.7 Å². The van der Waals surface area contributed by atoms with Crippen molar-refractivity contribution in [2.45, 2.75) is 18.8 Å². The lowest BCUT2D eigenvalue weighted by Gasteiger charge is -2.12. The molecule has 3 rings (SSSR count). The second-order valence-corrected chi connectivity index (χ2v) is 6.15. The number of ketones is 2. The first-order chi connectivity index (χ1) is 12.6. The van der Waals surface area contributed by atoms with Crippen LogP contribution in [0.3, 0.4) is 0 Å². The Morgan fingerprint density at radius 1 is 0.731 bits per heavy atom. The van der Waals surface area contributed by atoms with Crippen LogP contribution in [-0.2, 0) is 0 Å². The van der Waals surface area contributed by atoms with Gasteiger partial charge in [0.2, 0.25) is 11.9 Å². The predicted molar refractivity (Wildman–Crippen MR) is 97.3 cm³/mol. The van der Waals surface area contributed by atoms with E-state index in [1.807, 2.05) is 36.4 Å². The first-order valence-electron chi connectivity index (χ1n) is 8.51. The molecular weight excluding hydrogens is 326 g/mol. The topological polar surface area (TPSA) is 58.2 Å². The van der Waals surface area contributed by atoms with E-state index >= 15 is 0 Å². The summed E-state index contributed by atoms with van der Waals surface area (Å²) >= 11 is 0. The second kappa shape index (κ2) is 8.21. The van der Waals surface area contributed by atoms with Crippen LogP contribution in [0.4, 0.5) is 0 Å². The van der Waals surface area contributed by atoms with Gasteiger partial charge in [0.1, 0.15) is 0 Å². The number of rotatable bonds is 7. The fraction of sp³-hybridized carbons (Fsp3) is 0.136. The van der Waals surface area contributed by atoms with E-state index in [0.717, 1.165) is 4.73 Å². The van der Waals surface area contributed by atoms with Gasteiger partial charge < -0.3 is 0 Å². The summed E-state index contributed by atoms with van der Waals surface area (Å²) in [5, 5.41) is 10.1. The number of pyridine rings is 1. The van der Waals surface area contributed by atoms with Gasteiger partial charge in [-0.15, -0.1) is 0 Å². The van der Waals surface area contributed by atoms with Crippen molar-refractivity contribution in [1.29, 1.82) is 0 Å². The minimum Gasteiger partial charge on any atom is -0.294 e. The fourth-order valence-corrected chi connectivity index (χ4v) is 2.98. The third-order valence-electron chi connectivity index (χ3n) is 4.34. The molecule has 0 aliphatic heterocycles. The van der Waals surface area contributed by atoms with Crippen molar-refractivity contribution in [3.63, 3.8) is 0 Å². The zero-order chi connectivity index (χ0) is 18.4. The lowest BCUT2D eigenvalue weighted by molar-refractivity contribution is -0.910. The summed E-state index contributed by atoms with van der Waals surface area (Å²) in [6.45, 7) is 0. The SMILES string of the molecule is O=C(CC(CC(=O)c1ccccc1)c1cccc[n+]1O)c1ccccc1. The number of nitrogens with zero attached hydrogens (tertiary/aromatic N) is 1. The Hall–Kier alpha value is -3.27. The summed E-state index contributed by atoms with van der Waals surface area (Å²) in [4.78, 5) is 25.3. The van der Waals surface area contributed by atoms with Crippen LogP contribution in [0, 0.1) is 0 Å². The molecule has 0 atom stereocenters. The predicted octanol–water partition coefficient (Wildman–Crippen LogP) is 3.84. The van der Waals surface area contributed by atoms with Crippen LogP contribution in [0.2, 0.25) is 0 Å². The highest BCUT2D eigenvalue weighted by Gasteiger charge is 2.28. The minimum absolute atomic E-state index is 0.0553. The maximum atomic E-state index is 12.7. The Morgan fingerprint density at radius 2 is 1.19 bits per heavy atom. The average molecular weight is 346 g/mol. The molecule has 0 saturated carbocycles. The van der Waals surface area contributed by atoms with Crippen LogP contribution in [0.15, 0.2) is 85.1 Å². The molecule has 1 aromatic heterocycles. The second-order valence-electron chi connectivity index (χ2n) is 6.15. The van der Waals surface area contributed by atoms with E-state index in [0.29, 0.717) is 16.8 Å². The summed E-state index contributed by atoms with van der Waals surface area (Å²) in [5.41, 5.74) is 1.75. The van der Waals surface area contributed by atoms with Gasteiger partial charge in [-0.2, -0.15) is 0 Å². The zero-order valence-corrected chi connectivity index (χ0v) is 14.3. The molecule has 1 heterocycles. The van der Waals surface area contributed by atoms with Gasteiger partial charge >= 0.3 is 0 Å². The van der Waals surface area contributed by atoms with E-state index in [1.165, 1.54) is 6.20 Å². The molecule has 0 amide bonds. The fourth-order valence-electron chi connectivity index (χ4n) is 2.98. The molecule has 26 heavy (non-hydrogen) atoms. The molecule has 0 saturated heterocycles. The third kappa shape index (κ3) is 4.22. The molecule has 0 aliphatic carbocycles. The van der Waals surface area contributed by atoms with Gasteiger partial charge in [-0.3, -0.25) is 14.8 Å². The van der Waals surface area contributed by atoms with Crippen molar-refractivity contribution in [3.8, 4) is 0 Å². The van der Waals surface area contributed by atoms with E-state index in [9.17, 15) is 14.8 Å². The van der Waals surface area contributed by atoms with Crippen LogP contribution < -0.4 is 4.73 Å². The quantitative estimate of drug-likeness (QED) is 0.402. The summed E-state index contributed by atoms with van der Waals surface area (Å²) in [7, 11) is 0. The van der Waals surface area contributed by atoms with Crippen molar-refractivity contribution in [2.24, 2.45) is 0 Å². The Morgan fingerprint density at radius 3 is 1.65 bits per heavy atom. The molecule has 4 nitrogen and oxygen atoms in total. The van der Waals surface area contributed by atoms with Gasteiger partial charge in [0, 0.05) is 40.8 Å². The zero-order valence-electron chi connectivity index (χ0n) is 14.3. The molecule has 3 aromatic rings. The van der Waals surface area contributed by atoms with Crippen LogP contribution >= 0.6 is 0 Å². The van der Waals surface area contributed by atoms with Gasteiger partial charge in [0.15, 0.2) is 11.6 Å². The number of hydrogen-bond acceptors (Lipinski definition) is 3. The number of carbonyl (C=O) groups excluding carboxylic acids is 2. The van der Waals surface area contributed by atoms with E-state index in [4.69, 9.17) is 0 Å². The molecule has 0 spiro atoms. The number of aromatic nitrogens is 1. The number of carbonyl (C=O) groups is 2. The Balaban J connectivity index is 1.86. The van der Waals surface area contributed by atoms with E-state index in [2.05, 4.69) is 0 Å². The molecule has 0 fully saturated rings. The van der Waals surface area contributed by atoms with Gasteiger partial charge in [-0.05, 0) is 6.07 Å². The number of Topliss-reactive ketones (excluding diaryl/α,β-unsaturated/α-hetero) is 2. The Bertz CT molecular complexity index is 838. The molecule has 4 heteroatoms. The molecule has 0 aliphatic rings. The highest BCUT2D eigenvalue weighted by molar-refractivity contribution is 5.99. The lowest BCUT2D eigenvalue weighted by atomic mass is 9.89. The maximum Gasteiger partial charge on any atom is 0.238 e. The lowest BCUT2D eigenvalue weighted by Crippen LogP contribution is -2.37. The maximum absolute atomic E-state index is 12.7. The molecule has 2 aromatic carbocycles. The normalized spacial score (nSPS) is 10.7. The van der Waals surface area contributed by atoms with E-state index in [-0.39, 0.29) is 24.4 Å². The van der Waals surface area contributed by atoms with Crippen LogP contribution in [0.25, 0.3) is 0 Å². The van der Waals surface area contributed by atoms with Gasteiger partial charge in [0.25, 0.3) is 0 Å². The summed E-state index contributed by atoms with van der Waals surface area (Å²) in [6, 6.07) is 23.2. The standard InChI is InChI=1S/C22H20NO3/c24-21(17-9-3-1-4-10-17)15-19(20-13-7-8-14-23(20)26)16-22(25)18-11-5-2-6-12-18/h1-14,19,26H,15-16H2/q+1. The summed E-state index contributed by atoms with van der Waals surface area (Å²) < 4.78 is 0.987. The smallest absolute Gasteiger partial charge is 0.238 e. The van der Waals surface area contributed by atoms with Gasteiger partial charge in [0.05, 0.1) is 5.92 Å². The average Bonchev–Trinajstić information content (AvgIpc) is 2.69. The van der Waals surface area contributed by atoms with Crippen molar-refractivity contribution in [3.05, 3.63) is 102 Å². The number of benzene rings is 2. The first kappa shape index (κ1) is 17.5. The molecule has 0 radical (unpaired) electrons. The van der Waals surface area contributed by atoms with Crippen LogP contribution in [-0.4, -0.2) is 16.8 Å². The van der Waals surface area contributed by atoms with E-state index in [1.54, 1.807) is 42.5 Å². The summed E-state index contributed by atoms with van der Waals surface area (Å²) in [5.74, 6) is -0.526. The molecule has 0 bridgehead atoms. The first-order valence-corrected chi connectivity index (χ1v) is 8.51. The Kier molecular flexibility index (Phi) is 5.54. The highest BCUT2D eigenvalue weighted by atomic mass is 16.5. The van der Waals surface area contributed by atoms with Crippen LogP contribution in [0.1, 0.15) is 45.2 Å². The molecule has 130 valence electrons. The Labute approximate surface area is 152 Å². The van der Waals surface area contributed by atoms with Crippen molar-refractivity contribution in [1.82, 2.24) is 0 Å². The molecule has 0 unspecified atom stereocenters. The van der Waals surface area contributed by atoms with Crippen molar-refractivity contribution < 1.29 is 19.5 Å².